The number of aromatic nitrogens is 3. The average Bonchev–Trinajstić information content (AvgIpc) is 3.24. The molecule has 6 nitrogen and oxygen atoms in total. The standard InChI is InChI=1S/C26H22N4O2S/c31-19-10-4-8-17(14-19)24-23-21(12-5-13-22(23)32)27-25-28-26(29-30(24)25)33-15-18-9-3-7-16-6-1-2-11-20(16)18/h1-4,6-11,14,24,31H,5,12-13,15H2,(H,27,28,29). The number of nitrogens with one attached hydrogen (secondary N) is 1. The van der Waals surface area contributed by atoms with Crippen LogP contribution in [-0.4, -0.2) is 25.7 Å². The predicted octanol–water partition coefficient (Wildman–Crippen LogP) is 5.45. The van der Waals surface area contributed by atoms with Gasteiger partial charge in [0, 0.05) is 23.4 Å². The summed E-state index contributed by atoms with van der Waals surface area (Å²) in [5, 5.41) is 21.4. The highest BCUT2D eigenvalue weighted by atomic mass is 32.2. The van der Waals surface area contributed by atoms with Crippen molar-refractivity contribution in [2.75, 3.05) is 5.32 Å². The Morgan fingerprint density at radius 3 is 2.82 bits per heavy atom. The molecule has 1 unspecified atom stereocenters. The van der Waals surface area contributed by atoms with Crippen LogP contribution in [0, 0.1) is 0 Å². The van der Waals surface area contributed by atoms with Crippen molar-refractivity contribution < 1.29 is 9.90 Å². The first-order valence-corrected chi connectivity index (χ1v) is 12.0. The third kappa shape index (κ3) is 3.58. The molecule has 1 aliphatic heterocycles. The Labute approximate surface area is 195 Å². The van der Waals surface area contributed by atoms with E-state index in [9.17, 15) is 9.90 Å². The summed E-state index contributed by atoms with van der Waals surface area (Å²) in [5.74, 6) is 1.68. The van der Waals surface area contributed by atoms with E-state index in [0.29, 0.717) is 17.5 Å². The first-order chi connectivity index (χ1) is 16.2. The summed E-state index contributed by atoms with van der Waals surface area (Å²) in [6.07, 6.45) is 2.17. The summed E-state index contributed by atoms with van der Waals surface area (Å²) < 4.78 is 1.79. The van der Waals surface area contributed by atoms with Crippen LogP contribution in [0.3, 0.4) is 0 Å². The Morgan fingerprint density at radius 2 is 1.91 bits per heavy atom. The second-order valence-corrected chi connectivity index (χ2v) is 9.32. The van der Waals surface area contributed by atoms with Gasteiger partial charge in [0.2, 0.25) is 11.1 Å². The maximum Gasteiger partial charge on any atom is 0.227 e. The number of phenols is 1. The molecule has 2 aliphatic rings. The van der Waals surface area contributed by atoms with Gasteiger partial charge in [-0.05, 0) is 46.9 Å². The zero-order valence-electron chi connectivity index (χ0n) is 17.9. The lowest BCUT2D eigenvalue weighted by molar-refractivity contribution is -0.116. The number of thioether (sulfide) groups is 1. The number of fused-ring (bicyclic) bond motifs is 2. The normalized spacial score (nSPS) is 17.6. The second-order valence-electron chi connectivity index (χ2n) is 8.38. The van der Waals surface area contributed by atoms with E-state index < -0.39 is 6.04 Å². The minimum absolute atomic E-state index is 0.128. The van der Waals surface area contributed by atoms with E-state index in [2.05, 4.69) is 41.7 Å². The fourth-order valence-electron chi connectivity index (χ4n) is 4.76. The number of anilines is 1. The van der Waals surface area contributed by atoms with Gasteiger partial charge in [0.25, 0.3) is 0 Å². The molecule has 4 aromatic rings. The molecule has 1 aromatic heterocycles. The summed E-state index contributed by atoms with van der Waals surface area (Å²) in [5.41, 5.74) is 3.71. The van der Waals surface area contributed by atoms with Crippen molar-refractivity contribution in [1.82, 2.24) is 14.8 Å². The van der Waals surface area contributed by atoms with E-state index in [-0.39, 0.29) is 11.5 Å². The van der Waals surface area contributed by atoms with Gasteiger partial charge < -0.3 is 10.4 Å². The Kier molecular flexibility index (Phi) is 4.91. The van der Waals surface area contributed by atoms with Crippen molar-refractivity contribution >= 4 is 34.3 Å². The van der Waals surface area contributed by atoms with Crippen LogP contribution in [0.2, 0.25) is 0 Å². The molecule has 3 aromatic carbocycles. The molecule has 7 heteroatoms. The predicted molar refractivity (Wildman–Crippen MR) is 129 cm³/mol. The molecule has 0 bridgehead atoms. The highest BCUT2D eigenvalue weighted by Crippen LogP contribution is 2.41. The van der Waals surface area contributed by atoms with Crippen LogP contribution in [0.15, 0.2) is 83.2 Å². The van der Waals surface area contributed by atoms with E-state index in [4.69, 9.17) is 10.1 Å². The van der Waals surface area contributed by atoms with Crippen molar-refractivity contribution in [3.63, 3.8) is 0 Å². The van der Waals surface area contributed by atoms with Gasteiger partial charge >= 0.3 is 0 Å². The minimum atomic E-state index is -0.393. The van der Waals surface area contributed by atoms with Gasteiger partial charge in [0.15, 0.2) is 5.78 Å². The van der Waals surface area contributed by atoms with E-state index in [1.807, 2.05) is 12.1 Å². The zero-order valence-corrected chi connectivity index (χ0v) is 18.7. The summed E-state index contributed by atoms with van der Waals surface area (Å²) in [6, 6.07) is 21.4. The van der Waals surface area contributed by atoms with Crippen LogP contribution in [0.1, 0.15) is 36.4 Å². The van der Waals surface area contributed by atoms with Crippen LogP contribution >= 0.6 is 11.8 Å². The van der Waals surface area contributed by atoms with Crippen molar-refractivity contribution in [2.24, 2.45) is 0 Å². The maximum absolute atomic E-state index is 12.9. The highest BCUT2D eigenvalue weighted by molar-refractivity contribution is 7.98. The minimum Gasteiger partial charge on any atom is -0.508 e. The first kappa shape index (κ1) is 20.1. The number of ketones is 1. The number of hydrogen-bond donors (Lipinski definition) is 2. The largest absolute Gasteiger partial charge is 0.508 e. The molecule has 164 valence electrons. The van der Waals surface area contributed by atoms with E-state index >= 15 is 0 Å². The number of phenolic OH excluding ortho intramolecular Hbond substituents is 1. The van der Waals surface area contributed by atoms with Crippen molar-refractivity contribution in [3.8, 4) is 5.75 Å². The van der Waals surface area contributed by atoms with Crippen molar-refractivity contribution in [1.29, 1.82) is 0 Å². The van der Waals surface area contributed by atoms with Gasteiger partial charge in [0.05, 0.1) is 0 Å². The number of aromatic hydroxyl groups is 1. The molecule has 0 amide bonds. The first-order valence-electron chi connectivity index (χ1n) is 11.1. The van der Waals surface area contributed by atoms with E-state index in [1.165, 1.54) is 16.3 Å². The average molecular weight is 455 g/mol. The summed E-state index contributed by atoms with van der Waals surface area (Å²) in [4.78, 5) is 17.7. The molecular weight excluding hydrogens is 432 g/mol. The Morgan fingerprint density at radius 1 is 1.06 bits per heavy atom. The third-order valence-corrected chi connectivity index (χ3v) is 7.16. The zero-order chi connectivity index (χ0) is 22.4. The quantitative estimate of drug-likeness (QED) is 0.399. The Balaban J connectivity index is 1.36. The van der Waals surface area contributed by atoms with Gasteiger partial charge in [-0.25, -0.2) is 4.68 Å². The Hall–Kier alpha value is -3.58. The van der Waals surface area contributed by atoms with E-state index in [1.54, 1.807) is 34.6 Å². The van der Waals surface area contributed by atoms with Gasteiger partial charge in [-0.2, -0.15) is 4.98 Å². The van der Waals surface area contributed by atoms with Crippen LogP contribution < -0.4 is 5.32 Å². The fraction of sp³-hybridized carbons (Fsp3) is 0.192. The monoisotopic (exact) mass is 454 g/mol. The molecule has 0 fully saturated rings. The molecule has 0 radical (unpaired) electrons. The molecule has 6 rings (SSSR count). The topological polar surface area (TPSA) is 80.0 Å². The maximum atomic E-state index is 12.9. The molecule has 33 heavy (non-hydrogen) atoms. The third-order valence-electron chi connectivity index (χ3n) is 6.27. The fourth-order valence-corrected chi connectivity index (χ4v) is 5.59. The number of rotatable bonds is 4. The molecule has 0 saturated heterocycles. The summed E-state index contributed by atoms with van der Waals surface area (Å²) in [7, 11) is 0. The summed E-state index contributed by atoms with van der Waals surface area (Å²) in [6.45, 7) is 0. The van der Waals surface area contributed by atoms with Crippen LogP contribution in [0.25, 0.3) is 10.8 Å². The Bertz CT molecular complexity index is 1420. The van der Waals surface area contributed by atoms with Gasteiger partial charge in [-0.1, -0.05) is 66.4 Å². The van der Waals surface area contributed by atoms with Crippen LogP contribution in [0.5, 0.6) is 5.75 Å². The lowest BCUT2D eigenvalue weighted by Gasteiger charge is -2.32. The number of Topliss-reactive ketones (excluding diaryl/α,β-unsaturated/α-hetero) is 1. The van der Waals surface area contributed by atoms with Gasteiger partial charge in [-0.15, -0.1) is 5.10 Å². The molecule has 1 atom stereocenters. The number of carbonyl (C=O) groups is 1. The van der Waals surface area contributed by atoms with E-state index in [0.717, 1.165) is 35.4 Å². The van der Waals surface area contributed by atoms with Gasteiger partial charge in [-0.3, -0.25) is 4.79 Å². The number of benzene rings is 3. The van der Waals surface area contributed by atoms with Crippen LogP contribution in [-0.2, 0) is 10.5 Å². The molecule has 1 aliphatic carbocycles. The highest BCUT2D eigenvalue weighted by Gasteiger charge is 2.37. The van der Waals surface area contributed by atoms with Crippen LogP contribution in [0.4, 0.5) is 5.95 Å². The van der Waals surface area contributed by atoms with Gasteiger partial charge in [0.1, 0.15) is 11.8 Å². The molecule has 0 saturated carbocycles. The number of carbonyl (C=O) groups excluding carboxylic acids is 1. The SMILES string of the molecule is O=C1CCCC2=C1C(c1cccc(O)c1)n1nc(SCc3cccc4ccccc34)nc1N2. The lowest BCUT2D eigenvalue weighted by atomic mass is 9.85. The molecule has 2 N–H and O–H groups in total. The molecule has 0 spiro atoms. The molecular formula is C26H22N4O2S. The lowest BCUT2D eigenvalue weighted by Crippen LogP contribution is -2.31. The second kappa shape index (κ2) is 8.08. The number of hydrogen-bond acceptors (Lipinski definition) is 6. The number of nitrogens with zero attached hydrogens (tertiary/aromatic N) is 3. The smallest absolute Gasteiger partial charge is 0.227 e. The molecule has 2 heterocycles. The summed E-state index contributed by atoms with van der Waals surface area (Å²) >= 11 is 1.58. The number of allylic oxidation sites excluding steroid dienone is 2. The van der Waals surface area contributed by atoms with Crippen molar-refractivity contribution in [3.05, 3.63) is 89.1 Å². The van der Waals surface area contributed by atoms with Crippen molar-refractivity contribution in [2.45, 2.75) is 36.2 Å².